The predicted molar refractivity (Wildman–Crippen MR) is 49.1 cm³/mol. The number of rotatable bonds is 2. The summed E-state index contributed by atoms with van der Waals surface area (Å²) in [6.45, 7) is 2.03. The second kappa shape index (κ2) is 3.75. The van der Waals surface area contributed by atoms with E-state index < -0.39 is 0 Å². The van der Waals surface area contributed by atoms with Gasteiger partial charge in [0.25, 0.3) is 0 Å². The summed E-state index contributed by atoms with van der Waals surface area (Å²) in [7, 11) is 2.08. The Bertz CT molecular complexity index is 143. The molecule has 0 aromatic rings. The van der Waals surface area contributed by atoms with Crippen molar-refractivity contribution in [2.45, 2.75) is 31.7 Å². The zero-order valence-electron chi connectivity index (χ0n) is 7.88. The van der Waals surface area contributed by atoms with Crippen LogP contribution in [0.5, 0.6) is 0 Å². The van der Waals surface area contributed by atoms with Gasteiger partial charge in [0.1, 0.15) is 0 Å². The van der Waals surface area contributed by atoms with Gasteiger partial charge >= 0.3 is 0 Å². The van der Waals surface area contributed by atoms with Gasteiger partial charge in [-0.1, -0.05) is 0 Å². The van der Waals surface area contributed by atoms with Crippen molar-refractivity contribution in [3.8, 4) is 0 Å². The van der Waals surface area contributed by atoms with E-state index in [4.69, 9.17) is 4.74 Å². The van der Waals surface area contributed by atoms with E-state index in [0.29, 0.717) is 0 Å². The Morgan fingerprint density at radius 1 is 1.17 bits per heavy atom. The molecule has 70 valence electrons. The minimum atomic E-state index is 0.788. The maximum atomic E-state index is 5.42. The van der Waals surface area contributed by atoms with Crippen LogP contribution < -0.4 is 5.32 Å². The zero-order chi connectivity index (χ0) is 8.39. The Balaban J connectivity index is 1.81. The largest absolute Gasteiger partial charge is 0.381 e. The fourth-order valence-electron chi connectivity index (χ4n) is 2.63. The number of hydrogen-bond acceptors (Lipinski definition) is 2. The van der Waals surface area contributed by atoms with Crippen molar-refractivity contribution in [2.24, 2.45) is 11.8 Å². The summed E-state index contributed by atoms with van der Waals surface area (Å²) in [5.74, 6) is 1.83. The summed E-state index contributed by atoms with van der Waals surface area (Å²) in [6, 6.07) is 0.788. The summed E-state index contributed by atoms with van der Waals surface area (Å²) in [5, 5.41) is 3.38. The van der Waals surface area contributed by atoms with E-state index >= 15 is 0 Å². The van der Waals surface area contributed by atoms with E-state index in [1.807, 2.05) is 0 Å². The highest BCUT2D eigenvalue weighted by atomic mass is 16.5. The van der Waals surface area contributed by atoms with E-state index in [1.54, 1.807) is 0 Å². The minimum absolute atomic E-state index is 0.788. The molecule has 0 aromatic heterocycles. The van der Waals surface area contributed by atoms with E-state index in [-0.39, 0.29) is 0 Å². The maximum Gasteiger partial charge on any atom is 0.0497 e. The molecule has 12 heavy (non-hydrogen) atoms. The van der Waals surface area contributed by atoms with Crippen LogP contribution >= 0.6 is 0 Å². The molecule has 1 saturated heterocycles. The molecule has 2 nitrogen and oxygen atoms in total. The number of ether oxygens (including phenoxy) is 1. The topological polar surface area (TPSA) is 21.3 Å². The third-order valence-electron chi connectivity index (χ3n) is 3.51. The lowest BCUT2D eigenvalue weighted by atomic mass is 9.90. The monoisotopic (exact) mass is 169 g/mol. The Morgan fingerprint density at radius 2 is 2.08 bits per heavy atom. The van der Waals surface area contributed by atoms with Crippen LogP contribution in [0.25, 0.3) is 0 Å². The lowest BCUT2D eigenvalue weighted by Gasteiger charge is -2.16. The van der Waals surface area contributed by atoms with Gasteiger partial charge in [0.15, 0.2) is 0 Å². The van der Waals surface area contributed by atoms with Crippen molar-refractivity contribution in [1.29, 1.82) is 0 Å². The molecule has 0 amide bonds. The fourth-order valence-corrected chi connectivity index (χ4v) is 2.63. The lowest BCUT2D eigenvalue weighted by molar-refractivity contribution is 0.172. The standard InChI is InChI=1S/C10H19NO/c1-11-10-3-2-8(6-10)9-4-5-12-7-9/h8-11H,2-7H2,1H3. The molecule has 1 aliphatic heterocycles. The van der Waals surface area contributed by atoms with Crippen LogP contribution in [0.4, 0.5) is 0 Å². The van der Waals surface area contributed by atoms with Crippen LogP contribution in [0, 0.1) is 11.8 Å². The van der Waals surface area contributed by atoms with Crippen molar-refractivity contribution in [2.75, 3.05) is 20.3 Å². The van der Waals surface area contributed by atoms with Crippen LogP contribution in [-0.2, 0) is 4.74 Å². The summed E-state index contributed by atoms with van der Waals surface area (Å²) in [6.07, 6.45) is 5.48. The minimum Gasteiger partial charge on any atom is -0.381 e. The van der Waals surface area contributed by atoms with Crippen LogP contribution in [0.15, 0.2) is 0 Å². The zero-order valence-corrected chi connectivity index (χ0v) is 7.88. The second-order valence-electron chi connectivity index (χ2n) is 4.18. The van der Waals surface area contributed by atoms with Gasteiger partial charge in [-0.05, 0) is 44.6 Å². The molecule has 0 aromatic carbocycles. The highest BCUT2D eigenvalue weighted by molar-refractivity contribution is 4.85. The fraction of sp³-hybridized carbons (Fsp3) is 1.00. The Hall–Kier alpha value is -0.0800. The summed E-state index contributed by atoms with van der Waals surface area (Å²) in [4.78, 5) is 0. The van der Waals surface area contributed by atoms with Gasteiger partial charge in [0.05, 0.1) is 0 Å². The van der Waals surface area contributed by atoms with Gasteiger partial charge in [-0.25, -0.2) is 0 Å². The SMILES string of the molecule is CNC1CCC(C2CCOC2)C1. The van der Waals surface area contributed by atoms with Crippen LogP contribution in [0.2, 0.25) is 0 Å². The van der Waals surface area contributed by atoms with E-state index in [2.05, 4.69) is 12.4 Å². The first-order valence-electron chi connectivity index (χ1n) is 5.15. The average Bonchev–Trinajstić information content (AvgIpc) is 2.75. The molecule has 0 spiro atoms. The first-order chi connectivity index (χ1) is 5.90. The molecule has 1 aliphatic carbocycles. The normalized spacial score (nSPS) is 42.2. The molecular weight excluding hydrogens is 150 g/mol. The molecule has 3 unspecified atom stereocenters. The second-order valence-corrected chi connectivity index (χ2v) is 4.18. The molecule has 2 fully saturated rings. The first-order valence-corrected chi connectivity index (χ1v) is 5.15. The molecule has 3 atom stereocenters. The van der Waals surface area contributed by atoms with E-state index in [9.17, 15) is 0 Å². The number of hydrogen-bond donors (Lipinski definition) is 1. The summed E-state index contributed by atoms with van der Waals surface area (Å²) < 4.78 is 5.42. The quantitative estimate of drug-likeness (QED) is 0.675. The van der Waals surface area contributed by atoms with Crippen LogP contribution in [0.1, 0.15) is 25.7 Å². The van der Waals surface area contributed by atoms with Crippen molar-refractivity contribution in [3.05, 3.63) is 0 Å². The highest BCUT2D eigenvalue weighted by Crippen LogP contribution is 2.35. The Morgan fingerprint density at radius 3 is 2.67 bits per heavy atom. The van der Waals surface area contributed by atoms with Crippen LogP contribution in [-0.4, -0.2) is 26.3 Å². The van der Waals surface area contributed by atoms with Gasteiger partial charge in [-0.15, -0.1) is 0 Å². The maximum absolute atomic E-state index is 5.42. The van der Waals surface area contributed by atoms with E-state index in [0.717, 1.165) is 31.1 Å². The average molecular weight is 169 g/mol. The molecule has 2 heteroatoms. The molecule has 0 bridgehead atoms. The molecule has 2 aliphatic rings. The predicted octanol–water partition coefficient (Wildman–Crippen LogP) is 1.41. The van der Waals surface area contributed by atoms with Gasteiger partial charge in [-0.3, -0.25) is 0 Å². The highest BCUT2D eigenvalue weighted by Gasteiger charge is 2.31. The molecule has 0 radical (unpaired) electrons. The molecule has 1 saturated carbocycles. The molecule has 1 N–H and O–H groups in total. The summed E-state index contributed by atoms with van der Waals surface area (Å²) >= 11 is 0. The molecule has 2 rings (SSSR count). The number of nitrogens with one attached hydrogen (secondary N) is 1. The van der Waals surface area contributed by atoms with Gasteiger partial charge < -0.3 is 10.1 Å². The van der Waals surface area contributed by atoms with Crippen molar-refractivity contribution in [3.63, 3.8) is 0 Å². The Kier molecular flexibility index (Phi) is 2.66. The third kappa shape index (κ3) is 1.64. The lowest BCUT2D eigenvalue weighted by Crippen LogP contribution is -2.22. The summed E-state index contributed by atoms with van der Waals surface area (Å²) in [5.41, 5.74) is 0. The van der Waals surface area contributed by atoms with Crippen LogP contribution in [0.3, 0.4) is 0 Å². The third-order valence-corrected chi connectivity index (χ3v) is 3.51. The smallest absolute Gasteiger partial charge is 0.0497 e. The molecular formula is C10H19NO. The van der Waals surface area contributed by atoms with Crippen molar-refractivity contribution >= 4 is 0 Å². The van der Waals surface area contributed by atoms with Crippen molar-refractivity contribution < 1.29 is 4.74 Å². The Labute approximate surface area is 74.7 Å². The van der Waals surface area contributed by atoms with Gasteiger partial charge in [0.2, 0.25) is 0 Å². The van der Waals surface area contributed by atoms with Gasteiger partial charge in [0, 0.05) is 19.3 Å². The van der Waals surface area contributed by atoms with Crippen molar-refractivity contribution in [1.82, 2.24) is 5.32 Å². The van der Waals surface area contributed by atoms with E-state index in [1.165, 1.54) is 25.7 Å². The molecule has 1 heterocycles. The van der Waals surface area contributed by atoms with Gasteiger partial charge in [-0.2, -0.15) is 0 Å². The first kappa shape index (κ1) is 8.52.